The second-order valence-corrected chi connectivity index (χ2v) is 2.29. The van der Waals surface area contributed by atoms with Gasteiger partial charge >= 0.3 is 5.97 Å². The van der Waals surface area contributed by atoms with Crippen molar-refractivity contribution < 1.29 is 14.3 Å². The van der Waals surface area contributed by atoms with Gasteiger partial charge in [0.1, 0.15) is 6.29 Å². The lowest BCUT2D eigenvalue weighted by molar-refractivity contribution is -0.134. The molecule has 13 heavy (non-hydrogen) atoms. The monoisotopic (exact) mass is 180 g/mol. The lowest BCUT2D eigenvalue weighted by Gasteiger charge is -1.91. The number of rotatable bonds is 4. The van der Waals surface area contributed by atoms with Crippen molar-refractivity contribution in [3.63, 3.8) is 0 Å². The standard InChI is InChI=1S/C10H12O3/c1-9(8-10(12)13-2)6-4-3-5-7-11/h3-8H,1-2H3/b5-3+,6-4+,9-8+. The quantitative estimate of drug-likeness (QED) is 0.284. The molecule has 0 bridgehead atoms. The first-order chi connectivity index (χ1) is 6.20. The molecule has 0 atom stereocenters. The van der Waals surface area contributed by atoms with Crippen molar-refractivity contribution >= 4 is 12.3 Å². The first-order valence-electron chi connectivity index (χ1n) is 3.75. The van der Waals surface area contributed by atoms with Gasteiger partial charge in [0.05, 0.1) is 7.11 Å². The van der Waals surface area contributed by atoms with Crippen LogP contribution in [0.4, 0.5) is 0 Å². The van der Waals surface area contributed by atoms with Crippen LogP contribution in [-0.4, -0.2) is 19.4 Å². The van der Waals surface area contributed by atoms with E-state index in [9.17, 15) is 9.59 Å². The summed E-state index contributed by atoms with van der Waals surface area (Å²) < 4.78 is 4.42. The molecule has 0 spiro atoms. The van der Waals surface area contributed by atoms with Gasteiger partial charge in [-0.3, -0.25) is 4.79 Å². The molecule has 3 heteroatoms. The van der Waals surface area contributed by atoms with E-state index in [2.05, 4.69) is 4.74 Å². The number of ether oxygens (including phenoxy) is 1. The van der Waals surface area contributed by atoms with Crippen LogP contribution in [0.5, 0.6) is 0 Å². The molecule has 0 N–H and O–H groups in total. The molecule has 0 saturated heterocycles. The molecule has 0 aliphatic carbocycles. The van der Waals surface area contributed by atoms with Crippen LogP contribution >= 0.6 is 0 Å². The van der Waals surface area contributed by atoms with E-state index in [1.807, 2.05) is 0 Å². The highest BCUT2D eigenvalue weighted by atomic mass is 16.5. The maximum atomic E-state index is 10.7. The Morgan fingerprint density at radius 3 is 2.46 bits per heavy atom. The molecular weight excluding hydrogens is 168 g/mol. The zero-order valence-electron chi connectivity index (χ0n) is 7.69. The van der Waals surface area contributed by atoms with Crippen molar-refractivity contribution in [3.05, 3.63) is 36.0 Å². The van der Waals surface area contributed by atoms with Crippen LogP contribution in [0.2, 0.25) is 0 Å². The number of aldehydes is 1. The van der Waals surface area contributed by atoms with Crippen LogP contribution in [0.25, 0.3) is 0 Å². The number of methoxy groups -OCH3 is 1. The summed E-state index contributed by atoms with van der Waals surface area (Å²) in [6.45, 7) is 1.77. The SMILES string of the molecule is COC(=O)/C=C(C)/C=C/C=C/C=O. The fourth-order valence-corrected chi connectivity index (χ4v) is 0.610. The maximum Gasteiger partial charge on any atom is 0.330 e. The number of hydrogen-bond donors (Lipinski definition) is 0. The summed E-state index contributed by atoms with van der Waals surface area (Å²) in [7, 11) is 1.32. The first kappa shape index (κ1) is 11.4. The molecule has 70 valence electrons. The van der Waals surface area contributed by atoms with Gasteiger partial charge in [0.15, 0.2) is 0 Å². The lowest BCUT2D eigenvalue weighted by atomic mass is 10.2. The van der Waals surface area contributed by atoms with Crippen molar-refractivity contribution in [2.75, 3.05) is 7.11 Å². The third-order valence-electron chi connectivity index (χ3n) is 1.21. The Bertz CT molecular complexity index is 259. The van der Waals surface area contributed by atoms with Crippen molar-refractivity contribution in [1.29, 1.82) is 0 Å². The van der Waals surface area contributed by atoms with Gasteiger partial charge in [0.2, 0.25) is 0 Å². The van der Waals surface area contributed by atoms with Crippen LogP contribution < -0.4 is 0 Å². The second-order valence-electron chi connectivity index (χ2n) is 2.29. The molecule has 0 aliphatic rings. The smallest absolute Gasteiger partial charge is 0.330 e. The summed E-state index contributed by atoms with van der Waals surface area (Å²) in [4.78, 5) is 20.6. The molecule has 0 radical (unpaired) electrons. The molecule has 3 nitrogen and oxygen atoms in total. The normalized spacial score (nSPS) is 12.3. The zero-order chi connectivity index (χ0) is 10.1. The minimum Gasteiger partial charge on any atom is -0.466 e. The first-order valence-corrected chi connectivity index (χ1v) is 3.75. The van der Waals surface area contributed by atoms with E-state index < -0.39 is 0 Å². The average Bonchev–Trinajstić information content (AvgIpc) is 2.12. The van der Waals surface area contributed by atoms with Gasteiger partial charge in [0.25, 0.3) is 0 Å². The molecule has 0 aromatic rings. The van der Waals surface area contributed by atoms with Crippen LogP contribution in [0.15, 0.2) is 36.0 Å². The van der Waals surface area contributed by atoms with Gasteiger partial charge in [0, 0.05) is 6.08 Å². The predicted octanol–water partition coefficient (Wildman–Crippen LogP) is 1.42. The van der Waals surface area contributed by atoms with E-state index in [0.29, 0.717) is 6.29 Å². The highest BCUT2D eigenvalue weighted by Gasteiger charge is 1.91. The highest BCUT2D eigenvalue weighted by molar-refractivity contribution is 5.83. The molecular formula is C10H12O3. The van der Waals surface area contributed by atoms with Crippen LogP contribution in [0.3, 0.4) is 0 Å². The Morgan fingerprint density at radius 2 is 1.92 bits per heavy atom. The molecule has 0 rings (SSSR count). The van der Waals surface area contributed by atoms with Crippen LogP contribution in [0, 0.1) is 0 Å². The minimum atomic E-state index is -0.387. The van der Waals surface area contributed by atoms with Crippen LogP contribution in [0.1, 0.15) is 6.92 Å². The van der Waals surface area contributed by atoms with E-state index >= 15 is 0 Å². The summed E-state index contributed by atoms with van der Waals surface area (Å²) in [6.07, 6.45) is 8.37. The molecule has 0 aromatic heterocycles. The summed E-state index contributed by atoms with van der Waals surface area (Å²) in [5.41, 5.74) is 0.766. The largest absolute Gasteiger partial charge is 0.466 e. The number of hydrogen-bond acceptors (Lipinski definition) is 3. The Kier molecular flexibility index (Phi) is 6.15. The van der Waals surface area contributed by atoms with E-state index in [0.717, 1.165) is 5.57 Å². The zero-order valence-corrected chi connectivity index (χ0v) is 7.69. The Balaban J connectivity index is 4.12. The third kappa shape index (κ3) is 6.75. The van der Waals surface area contributed by atoms with Crippen molar-refractivity contribution in [1.82, 2.24) is 0 Å². The number of carbonyl (C=O) groups excluding carboxylic acids is 2. The molecule has 0 aromatic carbocycles. The summed E-state index contributed by atoms with van der Waals surface area (Å²) in [5.74, 6) is -0.387. The van der Waals surface area contributed by atoms with Gasteiger partial charge < -0.3 is 4.74 Å². The highest BCUT2D eigenvalue weighted by Crippen LogP contribution is 1.95. The van der Waals surface area contributed by atoms with Gasteiger partial charge in [-0.2, -0.15) is 0 Å². The minimum absolute atomic E-state index is 0.387. The van der Waals surface area contributed by atoms with E-state index in [-0.39, 0.29) is 5.97 Å². The summed E-state index contributed by atoms with van der Waals surface area (Å²) >= 11 is 0. The Labute approximate surface area is 77.4 Å². The van der Waals surface area contributed by atoms with E-state index in [4.69, 9.17) is 0 Å². The average molecular weight is 180 g/mol. The van der Waals surface area contributed by atoms with E-state index in [1.54, 1.807) is 25.2 Å². The van der Waals surface area contributed by atoms with Crippen molar-refractivity contribution in [2.45, 2.75) is 6.92 Å². The van der Waals surface area contributed by atoms with Gasteiger partial charge in [-0.25, -0.2) is 4.79 Å². The van der Waals surface area contributed by atoms with Gasteiger partial charge in [-0.1, -0.05) is 18.2 Å². The molecule has 0 fully saturated rings. The van der Waals surface area contributed by atoms with E-state index in [1.165, 1.54) is 19.3 Å². The Morgan fingerprint density at radius 1 is 1.23 bits per heavy atom. The molecule has 0 amide bonds. The fourth-order valence-electron chi connectivity index (χ4n) is 0.610. The molecule has 0 aliphatic heterocycles. The number of esters is 1. The lowest BCUT2D eigenvalue weighted by Crippen LogP contribution is -1.94. The fraction of sp³-hybridized carbons (Fsp3) is 0.200. The maximum absolute atomic E-state index is 10.7. The summed E-state index contributed by atoms with van der Waals surface area (Å²) in [6, 6.07) is 0. The second kappa shape index (κ2) is 7.03. The van der Waals surface area contributed by atoms with Crippen molar-refractivity contribution in [2.24, 2.45) is 0 Å². The predicted molar refractivity (Wildman–Crippen MR) is 50.1 cm³/mol. The summed E-state index contributed by atoms with van der Waals surface area (Å²) in [5, 5.41) is 0. The third-order valence-corrected chi connectivity index (χ3v) is 1.21. The van der Waals surface area contributed by atoms with Gasteiger partial charge in [-0.15, -0.1) is 0 Å². The molecule has 0 unspecified atom stereocenters. The van der Waals surface area contributed by atoms with Crippen molar-refractivity contribution in [3.8, 4) is 0 Å². The van der Waals surface area contributed by atoms with Gasteiger partial charge in [-0.05, 0) is 18.6 Å². The molecule has 0 heterocycles. The topological polar surface area (TPSA) is 43.4 Å². The Hall–Kier alpha value is -1.64. The number of carbonyl (C=O) groups is 2. The van der Waals surface area contributed by atoms with Crippen LogP contribution in [-0.2, 0) is 14.3 Å². The number of allylic oxidation sites excluding steroid dienone is 5. The molecule has 0 saturated carbocycles.